The van der Waals surface area contributed by atoms with Crippen LogP contribution in [0.2, 0.25) is 0 Å². The molecule has 1 aliphatic heterocycles. The summed E-state index contributed by atoms with van der Waals surface area (Å²) in [6, 6.07) is 14.9. The van der Waals surface area contributed by atoms with Crippen LogP contribution in [0.3, 0.4) is 0 Å². The second kappa shape index (κ2) is 18.4. The van der Waals surface area contributed by atoms with Crippen molar-refractivity contribution in [2.75, 3.05) is 49.4 Å². The monoisotopic (exact) mass is 800 g/mol. The van der Waals surface area contributed by atoms with Crippen molar-refractivity contribution >= 4 is 32.9 Å². The van der Waals surface area contributed by atoms with E-state index in [1.165, 1.54) is 17.4 Å². The van der Waals surface area contributed by atoms with Crippen LogP contribution in [0.4, 0.5) is 11.4 Å². The first-order valence-electron chi connectivity index (χ1n) is 20.6. The number of hydrogen-bond donors (Lipinski definition) is 2. The van der Waals surface area contributed by atoms with Crippen molar-refractivity contribution in [1.29, 1.82) is 0 Å². The average Bonchev–Trinajstić information content (AvgIpc) is 3.89. The molecule has 0 amide bonds. The largest absolute Gasteiger partial charge is 0.493 e. The zero-order chi connectivity index (χ0) is 41.5. The van der Waals surface area contributed by atoms with Crippen molar-refractivity contribution in [3.63, 3.8) is 0 Å². The lowest BCUT2D eigenvalue weighted by atomic mass is 9.76. The van der Waals surface area contributed by atoms with Gasteiger partial charge < -0.3 is 9.64 Å². The van der Waals surface area contributed by atoms with E-state index in [1.54, 1.807) is 0 Å². The van der Waals surface area contributed by atoms with Gasteiger partial charge in [-0.1, -0.05) is 67.5 Å². The number of nitrogens with zero attached hydrogens (tertiary/aromatic N) is 8. The van der Waals surface area contributed by atoms with Gasteiger partial charge in [0.05, 0.1) is 24.2 Å². The van der Waals surface area contributed by atoms with Crippen LogP contribution in [0.15, 0.2) is 52.4 Å². The number of ether oxygens (including phenoxy) is 1. The van der Waals surface area contributed by atoms with E-state index in [2.05, 4.69) is 118 Å². The first kappa shape index (κ1) is 43.6. The predicted octanol–water partition coefficient (Wildman–Crippen LogP) is 7.58. The van der Waals surface area contributed by atoms with Gasteiger partial charge in [0, 0.05) is 43.1 Å². The number of aromatic nitrogens is 5. The summed E-state index contributed by atoms with van der Waals surface area (Å²) in [6.07, 6.45) is 6.55. The normalized spacial score (nSPS) is 14.7. The summed E-state index contributed by atoms with van der Waals surface area (Å²) in [5, 5.41) is 14.0. The van der Waals surface area contributed by atoms with Crippen molar-refractivity contribution in [2.45, 2.75) is 119 Å². The van der Waals surface area contributed by atoms with Crippen LogP contribution in [-0.4, -0.2) is 83.7 Å². The third-order valence-electron chi connectivity index (χ3n) is 11.3. The Morgan fingerprint density at radius 2 is 1.68 bits per heavy atom. The van der Waals surface area contributed by atoms with Crippen LogP contribution in [0.5, 0.6) is 5.75 Å². The van der Waals surface area contributed by atoms with E-state index in [9.17, 15) is 8.42 Å². The number of hydrogen-bond acceptors (Lipinski definition) is 9. The Labute approximate surface area is 340 Å². The third kappa shape index (κ3) is 10.3. The first-order chi connectivity index (χ1) is 27.0. The smallest absolute Gasteiger partial charge is 0.271 e. The maximum Gasteiger partial charge on any atom is 0.271 e. The molecule has 2 N–H and O–H groups in total. The molecule has 3 heterocycles. The van der Waals surface area contributed by atoms with Gasteiger partial charge in [0.2, 0.25) is 15.8 Å². The number of unbranched alkanes of at least 4 members (excludes halogenated alkanes) is 1. The van der Waals surface area contributed by atoms with Gasteiger partial charge in [0.15, 0.2) is 11.5 Å². The first-order valence-corrected chi connectivity index (χ1v) is 22.5. The van der Waals surface area contributed by atoms with Gasteiger partial charge in [0.1, 0.15) is 5.75 Å². The number of rotatable bonds is 20. The van der Waals surface area contributed by atoms with E-state index >= 15 is 0 Å². The Balaban J connectivity index is 1.37. The van der Waals surface area contributed by atoms with Crippen LogP contribution in [0.1, 0.15) is 122 Å². The zero-order valence-corrected chi connectivity index (χ0v) is 36.8. The minimum absolute atomic E-state index is 0.00101. The van der Waals surface area contributed by atoms with E-state index in [4.69, 9.17) is 19.8 Å². The van der Waals surface area contributed by atoms with Crippen molar-refractivity contribution in [3.05, 3.63) is 76.4 Å². The standard InChI is InChI=1S/C43H64N10O3S/c1-12-32-29-33(13-2)52(49-32)41-48-47-40-38(46-36-21-20-34(27-30(36)6)51(16-5)25-24-45-57(11,54)55)39(50-53(40)41)44-23-17-18-26-56-37-22-19-31(42(7,8)14-3)28-35(37)43(9,10)15-4/h19-22,27-29,45H,12-18,23-26H2,1-11H3,(H,44,50). The number of benzene rings is 2. The second-order valence-electron chi connectivity index (χ2n) is 16.2. The quantitative estimate of drug-likeness (QED) is 0.0872. The lowest BCUT2D eigenvalue weighted by Crippen LogP contribution is -2.34. The van der Waals surface area contributed by atoms with Gasteiger partial charge in [0.25, 0.3) is 5.95 Å². The summed E-state index contributed by atoms with van der Waals surface area (Å²) in [5.74, 6) is 2.70. The van der Waals surface area contributed by atoms with E-state index in [1.807, 2.05) is 28.4 Å². The maximum atomic E-state index is 11.6. The fraction of sp³-hybridized carbons (Fsp3) is 0.558. The molecule has 0 atom stereocenters. The number of anilines is 1. The zero-order valence-electron chi connectivity index (χ0n) is 36.0. The Morgan fingerprint density at radius 1 is 0.930 bits per heavy atom. The van der Waals surface area contributed by atoms with Crippen molar-refractivity contribution in [2.24, 2.45) is 9.98 Å². The molecule has 57 heavy (non-hydrogen) atoms. The molecule has 0 aliphatic carbocycles. The number of aliphatic imine (C=N–C) groups is 2. The van der Waals surface area contributed by atoms with Crippen molar-refractivity contribution in [1.82, 2.24) is 29.4 Å². The van der Waals surface area contributed by atoms with Gasteiger partial charge in [-0.3, -0.25) is 10.4 Å². The highest BCUT2D eigenvalue weighted by molar-refractivity contribution is 7.88. The van der Waals surface area contributed by atoms with Gasteiger partial charge >= 0.3 is 0 Å². The second-order valence-corrected chi connectivity index (χ2v) is 18.0. The van der Waals surface area contributed by atoms with Gasteiger partial charge in [-0.05, 0) is 105 Å². The summed E-state index contributed by atoms with van der Waals surface area (Å²) in [7, 11) is -3.26. The Morgan fingerprint density at radius 3 is 2.33 bits per heavy atom. The van der Waals surface area contributed by atoms with Gasteiger partial charge in [-0.2, -0.15) is 9.77 Å². The number of likely N-dealkylation sites (N-methyl/N-ethyl adjacent to an activating group) is 1. The fourth-order valence-electron chi connectivity index (χ4n) is 6.73. The highest BCUT2D eigenvalue weighted by Crippen LogP contribution is 2.38. The number of sulfonamides is 1. The molecule has 0 spiro atoms. The molecule has 0 unspecified atom stereocenters. The Bertz CT molecular complexity index is 2180. The molecular formula is C43H64N10O3S. The molecule has 2 aromatic carbocycles. The Kier molecular flexibility index (Phi) is 14.0. The molecular weight excluding hydrogens is 737 g/mol. The number of amidine groups is 1. The number of fused-ring (bicyclic) bond motifs is 1. The minimum atomic E-state index is -3.26. The summed E-state index contributed by atoms with van der Waals surface area (Å²) in [5.41, 5.74) is 11.5. The minimum Gasteiger partial charge on any atom is -0.493 e. The molecule has 0 saturated heterocycles. The third-order valence-corrected chi connectivity index (χ3v) is 12.0. The average molecular weight is 801 g/mol. The number of aryl methyl sites for hydroxylation is 3. The molecule has 0 fully saturated rings. The molecule has 5 rings (SSSR count). The predicted molar refractivity (Wildman–Crippen MR) is 233 cm³/mol. The van der Waals surface area contributed by atoms with E-state index in [0.717, 1.165) is 79.1 Å². The number of nitrogens with one attached hydrogen (secondary N) is 2. The molecule has 0 saturated carbocycles. The molecule has 4 aromatic rings. The summed E-state index contributed by atoms with van der Waals surface area (Å²) in [4.78, 5) is 12.3. The summed E-state index contributed by atoms with van der Waals surface area (Å²) in [6.45, 7) is 24.7. The van der Waals surface area contributed by atoms with Crippen LogP contribution in [0.25, 0.3) is 5.95 Å². The van der Waals surface area contributed by atoms with E-state index in [0.29, 0.717) is 49.6 Å². The van der Waals surface area contributed by atoms with Crippen LogP contribution < -0.4 is 19.8 Å². The topological polar surface area (TPSA) is 144 Å². The molecule has 0 bridgehead atoms. The molecule has 0 radical (unpaired) electrons. The van der Waals surface area contributed by atoms with E-state index < -0.39 is 10.0 Å². The molecule has 310 valence electrons. The van der Waals surface area contributed by atoms with Crippen LogP contribution >= 0.6 is 0 Å². The molecule has 13 nitrogen and oxygen atoms in total. The lowest BCUT2D eigenvalue weighted by Gasteiger charge is -2.30. The Hall–Kier alpha value is -4.56. The van der Waals surface area contributed by atoms with Crippen LogP contribution in [0, 0.1) is 6.92 Å². The van der Waals surface area contributed by atoms with Crippen molar-refractivity contribution in [3.8, 4) is 11.7 Å². The molecule has 1 aliphatic rings. The fourth-order valence-corrected chi connectivity index (χ4v) is 7.19. The maximum absolute atomic E-state index is 11.6. The summed E-state index contributed by atoms with van der Waals surface area (Å²) >= 11 is 0. The summed E-state index contributed by atoms with van der Waals surface area (Å²) < 4.78 is 36.0. The van der Waals surface area contributed by atoms with Crippen molar-refractivity contribution < 1.29 is 13.2 Å². The highest BCUT2D eigenvalue weighted by atomic mass is 32.2. The molecule has 2 aromatic heterocycles. The lowest BCUT2D eigenvalue weighted by molar-refractivity contribution is 0.297. The van der Waals surface area contributed by atoms with Gasteiger partial charge in [-0.25, -0.2) is 22.8 Å². The SMILES string of the molecule is CCc1cc(CC)n(-c2nnc3n2NC(=NCCCCOc2ccc(C(C)(C)CC)cc2C(C)(C)CC)C3=Nc2ccc(N(CC)CCNS(C)(=O)=O)cc2C)n1. The van der Waals surface area contributed by atoms with Gasteiger partial charge in [-0.15, -0.1) is 10.2 Å². The van der Waals surface area contributed by atoms with Crippen LogP contribution in [-0.2, 0) is 33.7 Å². The molecule has 14 heteroatoms. The highest BCUT2D eigenvalue weighted by Gasteiger charge is 2.32. The van der Waals surface area contributed by atoms with E-state index in [-0.39, 0.29) is 10.8 Å².